The van der Waals surface area contributed by atoms with Crippen LogP contribution in [0.15, 0.2) is 6.33 Å². The summed E-state index contributed by atoms with van der Waals surface area (Å²) >= 11 is 0. The van der Waals surface area contributed by atoms with Crippen LogP contribution in [0.4, 0.5) is 0 Å². The summed E-state index contributed by atoms with van der Waals surface area (Å²) in [7, 11) is 0. The van der Waals surface area contributed by atoms with E-state index in [0.29, 0.717) is 18.2 Å². The van der Waals surface area contributed by atoms with Crippen molar-refractivity contribution in [2.75, 3.05) is 6.61 Å². The molecule has 1 saturated heterocycles. The van der Waals surface area contributed by atoms with Crippen molar-refractivity contribution < 1.29 is 4.74 Å². The highest BCUT2D eigenvalue weighted by atomic mass is 16.5. The van der Waals surface area contributed by atoms with Gasteiger partial charge in [0.15, 0.2) is 0 Å². The third kappa shape index (κ3) is 1.85. The second kappa shape index (κ2) is 4.14. The molecule has 1 fully saturated rings. The number of rotatable bonds is 2. The van der Waals surface area contributed by atoms with Crippen LogP contribution in [-0.2, 0) is 17.7 Å². The molecule has 5 nitrogen and oxygen atoms in total. The van der Waals surface area contributed by atoms with Gasteiger partial charge in [0.1, 0.15) is 12.2 Å². The molecule has 5 heteroatoms. The van der Waals surface area contributed by atoms with E-state index in [9.17, 15) is 0 Å². The quantitative estimate of drug-likeness (QED) is 0.785. The first-order chi connectivity index (χ1) is 7.83. The molecule has 0 amide bonds. The predicted octanol–water partition coefficient (Wildman–Crippen LogP) is 0.360. The normalized spacial score (nSPS) is 33.9. The van der Waals surface area contributed by atoms with E-state index in [1.807, 2.05) is 4.68 Å². The van der Waals surface area contributed by atoms with E-state index >= 15 is 0 Å². The Bertz CT molecular complexity index is 365. The van der Waals surface area contributed by atoms with Gasteiger partial charge in [-0.2, -0.15) is 5.10 Å². The summed E-state index contributed by atoms with van der Waals surface area (Å²) in [5.74, 6) is 1.12. The van der Waals surface area contributed by atoms with Crippen molar-refractivity contribution >= 4 is 0 Å². The summed E-state index contributed by atoms with van der Waals surface area (Å²) in [6, 6.07) is 1.03. The molecule has 3 heterocycles. The highest BCUT2D eigenvalue weighted by molar-refractivity contribution is 4.94. The lowest BCUT2D eigenvalue weighted by molar-refractivity contribution is 0.109. The molecule has 0 saturated carbocycles. The van der Waals surface area contributed by atoms with Crippen LogP contribution in [0.2, 0.25) is 0 Å². The third-order valence-electron chi connectivity index (χ3n) is 3.63. The predicted molar refractivity (Wildman–Crippen MR) is 59.1 cm³/mol. The van der Waals surface area contributed by atoms with Crippen LogP contribution < -0.4 is 5.32 Å². The Labute approximate surface area is 95.2 Å². The number of hydrogen-bond acceptors (Lipinski definition) is 4. The largest absolute Gasteiger partial charge is 0.377 e. The van der Waals surface area contributed by atoms with Gasteiger partial charge < -0.3 is 10.1 Å². The summed E-state index contributed by atoms with van der Waals surface area (Å²) in [5, 5.41) is 7.92. The molecular weight excluding hydrogens is 204 g/mol. The zero-order valence-electron chi connectivity index (χ0n) is 9.59. The minimum absolute atomic E-state index is 0.345. The summed E-state index contributed by atoms with van der Waals surface area (Å²) < 4.78 is 7.58. The van der Waals surface area contributed by atoms with Gasteiger partial charge in [-0.1, -0.05) is 0 Å². The van der Waals surface area contributed by atoms with Crippen molar-refractivity contribution in [3.05, 3.63) is 12.2 Å². The van der Waals surface area contributed by atoms with Crippen LogP contribution in [0.5, 0.6) is 0 Å². The topological polar surface area (TPSA) is 52.0 Å². The molecule has 0 bridgehead atoms. The lowest BCUT2D eigenvalue weighted by Gasteiger charge is -2.27. The van der Waals surface area contributed by atoms with Crippen LogP contribution in [0.3, 0.4) is 0 Å². The smallest absolute Gasteiger partial charge is 0.138 e. The second-order valence-electron chi connectivity index (χ2n) is 4.73. The van der Waals surface area contributed by atoms with E-state index in [2.05, 4.69) is 22.3 Å². The lowest BCUT2D eigenvalue weighted by atomic mass is 10.0. The number of aryl methyl sites for hydroxylation is 1. The summed E-state index contributed by atoms with van der Waals surface area (Å²) in [6.45, 7) is 3.98. The zero-order chi connectivity index (χ0) is 11.0. The Morgan fingerprint density at radius 3 is 3.25 bits per heavy atom. The van der Waals surface area contributed by atoms with E-state index < -0.39 is 0 Å². The standard InChI is InChI=1S/C11H18N4O/c1-8-10(4-5-16-8)14-9-2-3-11-12-7-13-15(11)6-9/h7-10,14H,2-6H2,1H3. The van der Waals surface area contributed by atoms with Crippen molar-refractivity contribution in [3.63, 3.8) is 0 Å². The van der Waals surface area contributed by atoms with Crippen molar-refractivity contribution in [2.45, 2.75) is 50.9 Å². The Morgan fingerprint density at radius 1 is 1.50 bits per heavy atom. The van der Waals surface area contributed by atoms with Gasteiger partial charge in [-0.05, 0) is 19.8 Å². The Kier molecular flexibility index (Phi) is 2.65. The number of aromatic nitrogens is 3. The molecule has 1 N–H and O–H groups in total. The van der Waals surface area contributed by atoms with Crippen molar-refractivity contribution in [2.24, 2.45) is 0 Å². The molecule has 2 aliphatic heterocycles. The molecule has 3 rings (SSSR count). The van der Waals surface area contributed by atoms with E-state index in [0.717, 1.165) is 38.2 Å². The molecule has 16 heavy (non-hydrogen) atoms. The average Bonchev–Trinajstić information content (AvgIpc) is 2.88. The molecule has 0 radical (unpaired) electrons. The number of nitrogens with zero attached hydrogens (tertiary/aromatic N) is 3. The number of hydrogen-bond donors (Lipinski definition) is 1. The van der Waals surface area contributed by atoms with E-state index in [-0.39, 0.29) is 0 Å². The fourth-order valence-electron chi connectivity index (χ4n) is 2.63. The van der Waals surface area contributed by atoms with E-state index in [4.69, 9.17) is 4.74 Å². The molecule has 0 spiro atoms. The molecule has 0 aliphatic carbocycles. The van der Waals surface area contributed by atoms with Gasteiger partial charge in [-0.25, -0.2) is 9.67 Å². The molecular formula is C11H18N4O. The van der Waals surface area contributed by atoms with Gasteiger partial charge in [-0.15, -0.1) is 0 Å². The van der Waals surface area contributed by atoms with Crippen molar-refractivity contribution in [1.82, 2.24) is 20.1 Å². The van der Waals surface area contributed by atoms with Crippen LogP contribution in [-0.4, -0.2) is 39.6 Å². The number of fused-ring (bicyclic) bond motifs is 1. The third-order valence-corrected chi connectivity index (χ3v) is 3.63. The second-order valence-corrected chi connectivity index (χ2v) is 4.73. The Balaban J connectivity index is 1.61. The molecule has 1 aromatic rings. The van der Waals surface area contributed by atoms with Crippen LogP contribution in [0, 0.1) is 0 Å². The Hall–Kier alpha value is -0.940. The molecule has 2 aliphatic rings. The SMILES string of the molecule is CC1OCCC1NC1CCc2ncnn2C1. The summed E-state index contributed by atoms with van der Waals surface area (Å²) in [5.41, 5.74) is 0. The maximum Gasteiger partial charge on any atom is 0.138 e. The van der Waals surface area contributed by atoms with Gasteiger partial charge in [-0.3, -0.25) is 0 Å². The maximum absolute atomic E-state index is 5.56. The van der Waals surface area contributed by atoms with Gasteiger partial charge in [0.05, 0.1) is 12.6 Å². The molecule has 3 unspecified atom stereocenters. The lowest BCUT2D eigenvalue weighted by Crippen LogP contribution is -2.46. The van der Waals surface area contributed by atoms with Gasteiger partial charge in [0.25, 0.3) is 0 Å². The van der Waals surface area contributed by atoms with E-state index in [1.165, 1.54) is 0 Å². The van der Waals surface area contributed by atoms with Crippen LogP contribution in [0.1, 0.15) is 25.6 Å². The first kappa shape index (κ1) is 10.2. The fraction of sp³-hybridized carbons (Fsp3) is 0.818. The molecule has 1 aromatic heterocycles. The minimum Gasteiger partial charge on any atom is -0.377 e. The molecule has 3 atom stereocenters. The Morgan fingerprint density at radius 2 is 2.44 bits per heavy atom. The molecule has 88 valence electrons. The minimum atomic E-state index is 0.345. The fourth-order valence-corrected chi connectivity index (χ4v) is 2.63. The van der Waals surface area contributed by atoms with E-state index in [1.54, 1.807) is 6.33 Å². The molecule has 0 aromatic carbocycles. The summed E-state index contributed by atoms with van der Waals surface area (Å²) in [4.78, 5) is 4.24. The van der Waals surface area contributed by atoms with Gasteiger partial charge in [0, 0.05) is 25.1 Å². The maximum atomic E-state index is 5.56. The first-order valence-corrected chi connectivity index (χ1v) is 6.07. The highest BCUT2D eigenvalue weighted by Gasteiger charge is 2.28. The average molecular weight is 222 g/mol. The first-order valence-electron chi connectivity index (χ1n) is 6.07. The zero-order valence-corrected chi connectivity index (χ0v) is 9.59. The van der Waals surface area contributed by atoms with Gasteiger partial charge in [0.2, 0.25) is 0 Å². The summed E-state index contributed by atoms with van der Waals surface area (Å²) in [6.07, 6.45) is 5.31. The highest BCUT2D eigenvalue weighted by Crippen LogP contribution is 2.17. The monoisotopic (exact) mass is 222 g/mol. The van der Waals surface area contributed by atoms with Gasteiger partial charge >= 0.3 is 0 Å². The van der Waals surface area contributed by atoms with Crippen LogP contribution >= 0.6 is 0 Å². The number of ether oxygens (including phenoxy) is 1. The van der Waals surface area contributed by atoms with Crippen LogP contribution in [0.25, 0.3) is 0 Å². The van der Waals surface area contributed by atoms with Crippen molar-refractivity contribution in [1.29, 1.82) is 0 Å². The van der Waals surface area contributed by atoms with Crippen molar-refractivity contribution in [3.8, 4) is 0 Å². The number of nitrogens with one attached hydrogen (secondary N) is 1.